The largest absolute Gasteiger partial charge is 0.497 e. The lowest BCUT2D eigenvalue weighted by molar-refractivity contribution is 0.414. The molecule has 0 unspecified atom stereocenters. The first kappa shape index (κ1) is 17.1. The van der Waals surface area contributed by atoms with Gasteiger partial charge in [-0.25, -0.2) is 23.1 Å². The Morgan fingerprint density at radius 3 is 2.56 bits per heavy atom. The van der Waals surface area contributed by atoms with Crippen LogP contribution in [0.2, 0.25) is 0 Å². The molecule has 4 aromatic rings. The first-order valence-corrected chi connectivity index (χ1v) is 9.53. The third kappa shape index (κ3) is 3.12. The van der Waals surface area contributed by atoms with Crippen LogP contribution in [0, 0.1) is 0 Å². The quantitative estimate of drug-likeness (QED) is 0.466. The number of nitrogens with zero attached hydrogens (tertiary/aromatic N) is 7. The third-order valence-corrected chi connectivity index (χ3v) is 5.40. The van der Waals surface area contributed by atoms with Crippen LogP contribution in [0.4, 0.5) is 0 Å². The van der Waals surface area contributed by atoms with Crippen molar-refractivity contribution in [3.05, 3.63) is 48.8 Å². The summed E-state index contributed by atoms with van der Waals surface area (Å²) in [6, 6.07) is 6.79. The van der Waals surface area contributed by atoms with Gasteiger partial charge in [0.25, 0.3) is 5.16 Å². The van der Waals surface area contributed by atoms with Crippen LogP contribution in [0.25, 0.3) is 17.0 Å². The standard InChI is InChI=1S/C16H15N7O3S/c1-22-10-18-13-14(22)20-16(21-15(13)23-9-17-8-19-23)27(24,25)7-11-3-5-12(26-2)6-4-11/h3-6,8-10H,7H2,1-2H3. The maximum Gasteiger partial charge on any atom is 0.251 e. The molecule has 10 nitrogen and oxygen atoms in total. The zero-order valence-electron chi connectivity index (χ0n) is 14.5. The Kier molecular flexibility index (Phi) is 4.07. The molecule has 4 rings (SSSR count). The summed E-state index contributed by atoms with van der Waals surface area (Å²) < 4.78 is 33.9. The van der Waals surface area contributed by atoms with Gasteiger partial charge in [-0.15, -0.1) is 0 Å². The fourth-order valence-corrected chi connectivity index (χ4v) is 3.81. The molecular weight excluding hydrogens is 370 g/mol. The number of benzene rings is 1. The van der Waals surface area contributed by atoms with Gasteiger partial charge < -0.3 is 9.30 Å². The minimum absolute atomic E-state index is 0.239. The molecule has 138 valence electrons. The van der Waals surface area contributed by atoms with Crippen molar-refractivity contribution in [2.45, 2.75) is 10.9 Å². The number of hydrogen-bond donors (Lipinski definition) is 0. The summed E-state index contributed by atoms with van der Waals surface area (Å²) in [6.07, 6.45) is 4.30. The van der Waals surface area contributed by atoms with Crippen LogP contribution in [0.15, 0.2) is 48.4 Å². The van der Waals surface area contributed by atoms with E-state index in [4.69, 9.17) is 4.74 Å². The van der Waals surface area contributed by atoms with Gasteiger partial charge in [0, 0.05) is 7.05 Å². The van der Waals surface area contributed by atoms with Crippen LogP contribution >= 0.6 is 0 Å². The Labute approximate surface area is 154 Å². The number of rotatable bonds is 5. The highest BCUT2D eigenvalue weighted by molar-refractivity contribution is 7.90. The van der Waals surface area contributed by atoms with Gasteiger partial charge in [-0.05, 0) is 17.7 Å². The zero-order valence-corrected chi connectivity index (χ0v) is 15.3. The Morgan fingerprint density at radius 2 is 1.89 bits per heavy atom. The minimum atomic E-state index is -3.80. The van der Waals surface area contributed by atoms with Gasteiger partial charge in [0.05, 0.1) is 19.2 Å². The van der Waals surface area contributed by atoms with Crippen molar-refractivity contribution >= 4 is 21.0 Å². The van der Waals surface area contributed by atoms with Gasteiger partial charge in [0.2, 0.25) is 9.84 Å². The molecule has 11 heteroatoms. The third-order valence-electron chi connectivity index (χ3n) is 3.95. The van der Waals surface area contributed by atoms with E-state index >= 15 is 0 Å². The molecule has 3 aromatic heterocycles. The molecule has 0 N–H and O–H groups in total. The number of methoxy groups -OCH3 is 1. The van der Waals surface area contributed by atoms with E-state index in [1.807, 2.05) is 0 Å². The first-order valence-electron chi connectivity index (χ1n) is 7.88. The predicted octanol–water partition coefficient (Wildman–Crippen LogP) is 0.926. The Morgan fingerprint density at radius 1 is 1.11 bits per heavy atom. The average Bonchev–Trinajstić information content (AvgIpc) is 3.32. The van der Waals surface area contributed by atoms with Crippen molar-refractivity contribution in [2.24, 2.45) is 7.05 Å². The van der Waals surface area contributed by atoms with Crippen molar-refractivity contribution in [1.29, 1.82) is 0 Å². The number of imidazole rings is 1. The van der Waals surface area contributed by atoms with E-state index in [-0.39, 0.29) is 16.7 Å². The summed E-state index contributed by atoms with van der Waals surface area (Å²) in [5.41, 5.74) is 1.43. The topological polar surface area (TPSA) is 118 Å². The summed E-state index contributed by atoms with van der Waals surface area (Å²) in [4.78, 5) is 16.6. The number of sulfone groups is 1. The van der Waals surface area contributed by atoms with Crippen LogP contribution < -0.4 is 4.74 Å². The Balaban J connectivity index is 1.81. The average molecular weight is 385 g/mol. The van der Waals surface area contributed by atoms with Crippen molar-refractivity contribution in [2.75, 3.05) is 7.11 Å². The monoisotopic (exact) mass is 385 g/mol. The Hall–Kier alpha value is -3.34. The molecular formula is C16H15N7O3S. The second-order valence-corrected chi connectivity index (χ2v) is 7.69. The molecule has 0 amide bonds. The van der Waals surface area contributed by atoms with Crippen molar-refractivity contribution in [3.8, 4) is 11.6 Å². The SMILES string of the molecule is COc1ccc(CS(=O)(=O)c2nc(-n3cncn3)c3ncn(C)c3n2)cc1. The molecule has 0 bridgehead atoms. The number of fused-ring (bicyclic) bond motifs is 1. The van der Waals surface area contributed by atoms with Gasteiger partial charge in [0.15, 0.2) is 17.0 Å². The molecule has 0 saturated heterocycles. The van der Waals surface area contributed by atoms with Crippen molar-refractivity contribution in [1.82, 2.24) is 34.3 Å². The molecule has 0 spiro atoms. The summed E-state index contributed by atoms with van der Waals surface area (Å²) in [5.74, 6) is 0.667. The molecule has 0 fully saturated rings. The molecule has 0 atom stereocenters. The Bertz CT molecular complexity index is 1200. The molecule has 0 aliphatic heterocycles. The zero-order chi connectivity index (χ0) is 19.0. The maximum absolute atomic E-state index is 12.9. The van der Waals surface area contributed by atoms with Crippen LogP contribution in [0.5, 0.6) is 5.75 Å². The number of hydrogen-bond acceptors (Lipinski definition) is 8. The van der Waals surface area contributed by atoms with E-state index in [0.717, 1.165) is 0 Å². The van der Waals surface area contributed by atoms with Crippen molar-refractivity contribution in [3.63, 3.8) is 0 Å². The molecule has 0 aliphatic carbocycles. The van der Waals surface area contributed by atoms with E-state index in [0.29, 0.717) is 22.5 Å². The molecule has 0 radical (unpaired) electrons. The van der Waals surface area contributed by atoms with Crippen molar-refractivity contribution < 1.29 is 13.2 Å². The van der Waals surface area contributed by atoms with E-state index in [1.165, 1.54) is 17.3 Å². The minimum Gasteiger partial charge on any atom is -0.497 e. The molecule has 1 aromatic carbocycles. The fourth-order valence-electron chi connectivity index (χ4n) is 2.59. The normalized spacial score (nSPS) is 11.8. The smallest absolute Gasteiger partial charge is 0.251 e. The summed E-state index contributed by atoms with van der Waals surface area (Å²) in [6.45, 7) is 0. The fraction of sp³-hybridized carbons (Fsp3) is 0.188. The lowest BCUT2D eigenvalue weighted by Gasteiger charge is -2.07. The van der Waals surface area contributed by atoms with Gasteiger partial charge in [-0.2, -0.15) is 15.1 Å². The molecule has 3 heterocycles. The number of ether oxygens (including phenoxy) is 1. The predicted molar refractivity (Wildman–Crippen MR) is 95.1 cm³/mol. The lowest BCUT2D eigenvalue weighted by Crippen LogP contribution is -2.13. The van der Waals surface area contributed by atoms with Gasteiger partial charge in [-0.3, -0.25) is 0 Å². The van der Waals surface area contributed by atoms with Gasteiger partial charge in [-0.1, -0.05) is 12.1 Å². The first-order chi connectivity index (χ1) is 13.0. The second-order valence-electron chi connectivity index (χ2n) is 5.80. The highest BCUT2D eigenvalue weighted by Gasteiger charge is 2.24. The molecule has 0 saturated carbocycles. The van der Waals surface area contributed by atoms with Crippen LogP contribution in [0.1, 0.15) is 5.56 Å². The van der Waals surface area contributed by atoms with Gasteiger partial charge >= 0.3 is 0 Å². The van der Waals surface area contributed by atoms with E-state index < -0.39 is 9.84 Å². The maximum atomic E-state index is 12.9. The highest BCUT2D eigenvalue weighted by atomic mass is 32.2. The van der Waals surface area contributed by atoms with Crippen LogP contribution in [0.3, 0.4) is 0 Å². The summed E-state index contributed by atoms with van der Waals surface area (Å²) in [7, 11) is -0.519. The van der Waals surface area contributed by atoms with E-state index in [9.17, 15) is 8.42 Å². The lowest BCUT2D eigenvalue weighted by atomic mass is 10.2. The summed E-state index contributed by atoms with van der Waals surface area (Å²) in [5, 5.41) is 3.74. The van der Waals surface area contributed by atoms with Crippen LogP contribution in [-0.4, -0.2) is 49.8 Å². The van der Waals surface area contributed by atoms with E-state index in [2.05, 4.69) is 25.0 Å². The molecule has 0 aliphatic rings. The van der Waals surface area contributed by atoms with Crippen LogP contribution in [-0.2, 0) is 22.6 Å². The summed E-state index contributed by atoms with van der Waals surface area (Å²) >= 11 is 0. The van der Waals surface area contributed by atoms with E-state index in [1.54, 1.807) is 49.3 Å². The van der Waals surface area contributed by atoms with Gasteiger partial charge in [0.1, 0.15) is 18.4 Å². The molecule has 27 heavy (non-hydrogen) atoms. The second kappa shape index (κ2) is 6.43. The number of aromatic nitrogens is 7. The highest BCUT2D eigenvalue weighted by Crippen LogP contribution is 2.21. The number of aryl methyl sites for hydroxylation is 1.